The number of hydrogen-bond acceptors (Lipinski definition) is 6. The van der Waals surface area contributed by atoms with E-state index in [1.54, 1.807) is 10.6 Å². The Morgan fingerprint density at radius 1 is 1.20 bits per heavy atom. The van der Waals surface area contributed by atoms with Crippen LogP contribution in [-0.2, 0) is 11.3 Å². The minimum Gasteiger partial charge on any atom is -0.350 e. The minimum atomic E-state index is -0.485. The number of nitrogens with zero attached hydrogens (tertiary/aromatic N) is 3. The second kappa shape index (κ2) is 8.41. The van der Waals surface area contributed by atoms with Gasteiger partial charge in [-0.1, -0.05) is 35.5 Å². The molecule has 0 radical (unpaired) electrons. The highest BCUT2D eigenvalue weighted by atomic mass is 35.5. The number of amides is 1. The summed E-state index contributed by atoms with van der Waals surface area (Å²) in [6.07, 6.45) is 2.21. The molecule has 1 amide bonds. The van der Waals surface area contributed by atoms with E-state index in [2.05, 4.69) is 20.8 Å². The molecule has 4 heterocycles. The molecule has 0 aliphatic carbocycles. The molecule has 1 saturated heterocycles. The van der Waals surface area contributed by atoms with E-state index in [1.165, 1.54) is 12.5 Å². The molecule has 1 fully saturated rings. The largest absolute Gasteiger partial charge is 0.350 e. The Balaban J connectivity index is 0.00000218. The molecule has 9 heteroatoms. The van der Waals surface area contributed by atoms with Gasteiger partial charge in [0.15, 0.2) is 0 Å². The van der Waals surface area contributed by atoms with E-state index in [4.69, 9.17) is 4.52 Å². The zero-order valence-corrected chi connectivity index (χ0v) is 17.0. The maximum Gasteiger partial charge on any atom is 0.251 e. The summed E-state index contributed by atoms with van der Waals surface area (Å²) in [4.78, 5) is 29.7. The van der Waals surface area contributed by atoms with Crippen LogP contribution < -0.4 is 16.2 Å². The molecular formula is C21H22ClN5O3. The number of rotatable bonds is 4. The van der Waals surface area contributed by atoms with Crippen molar-refractivity contribution >= 4 is 18.3 Å². The zero-order valence-electron chi connectivity index (χ0n) is 16.2. The Bertz CT molecular complexity index is 1080. The fraction of sp³-hybridized carbons (Fsp3) is 0.333. The van der Waals surface area contributed by atoms with Gasteiger partial charge in [-0.05, 0) is 18.1 Å². The molecule has 3 aromatic rings. The molecule has 2 bridgehead atoms. The predicted octanol–water partition coefficient (Wildman–Crippen LogP) is 1.88. The third-order valence-electron chi connectivity index (χ3n) is 5.86. The van der Waals surface area contributed by atoms with Crippen LogP contribution in [0, 0.1) is 5.92 Å². The van der Waals surface area contributed by atoms with E-state index in [-0.39, 0.29) is 35.7 Å². The average molecular weight is 428 g/mol. The van der Waals surface area contributed by atoms with Crippen molar-refractivity contribution in [2.45, 2.75) is 24.9 Å². The minimum absolute atomic E-state index is 0. The van der Waals surface area contributed by atoms with Crippen molar-refractivity contribution in [3.05, 3.63) is 70.5 Å². The van der Waals surface area contributed by atoms with Crippen molar-refractivity contribution in [3.63, 3.8) is 0 Å². The van der Waals surface area contributed by atoms with Crippen molar-refractivity contribution in [2.75, 3.05) is 13.1 Å². The summed E-state index contributed by atoms with van der Waals surface area (Å²) >= 11 is 0. The van der Waals surface area contributed by atoms with Crippen LogP contribution in [0.4, 0.5) is 0 Å². The number of pyridine rings is 1. The fourth-order valence-electron chi connectivity index (χ4n) is 4.49. The van der Waals surface area contributed by atoms with E-state index in [1.807, 2.05) is 30.3 Å². The van der Waals surface area contributed by atoms with Crippen LogP contribution >= 0.6 is 12.4 Å². The summed E-state index contributed by atoms with van der Waals surface area (Å²) in [5.74, 6) is 0.804. The third-order valence-corrected chi connectivity index (χ3v) is 5.86. The molecule has 0 spiro atoms. The molecule has 2 aliphatic rings. The molecular weight excluding hydrogens is 406 g/mol. The zero-order chi connectivity index (χ0) is 19.8. The van der Waals surface area contributed by atoms with E-state index >= 15 is 0 Å². The lowest BCUT2D eigenvalue weighted by Gasteiger charge is -2.42. The number of halogens is 1. The lowest BCUT2D eigenvalue weighted by Crippen LogP contribution is -2.52. The van der Waals surface area contributed by atoms with Crippen LogP contribution in [0.2, 0.25) is 0 Å². The van der Waals surface area contributed by atoms with Gasteiger partial charge < -0.3 is 15.2 Å². The summed E-state index contributed by atoms with van der Waals surface area (Å²) in [5, 5.41) is 10.2. The molecule has 2 aliphatic heterocycles. The van der Waals surface area contributed by atoms with Crippen molar-refractivity contribution in [1.82, 2.24) is 25.3 Å². The molecule has 156 valence electrons. The first-order valence-corrected chi connectivity index (χ1v) is 9.76. The van der Waals surface area contributed by atoms with Gasteiger partial charge in [0, 0.05) is 48.8 Å². The Morgan fingerprint density at radius 3 is 2.80 bits per heavy atom. The van der Waals surface area contributed by atoms with Crippen molar-refractivity contribution in [1.29, 1.82) is 0 Å². The summed E-state index contributed by atoms with van der Waals surface area (Å²) < 4.78 is 6.47. The van der Waals surface area contributed by atoms with Gasteiger partial charge in [-0.2, -0.15) is 4.98 Å². The average Bonchev–Trinajstić information content (AvgIpc) is 3.29. The van der Waals surface area contributed by atoms with Gasteiger partial charge in [0.1, 0.15) is 6.04 Å². The highest BCUT2D eigenvalue weighted by Crippen LogP contribution is 2.38. The van der Waals surface area contributed by atoms with Crippen molar-refractivity contribution in [2.24, 2.45) is 5.92 Å². The monoisotopic (exact) mass is 427 g/mol. The summed E-state index contributed by atoms with van der Waals surface area (Å²) in [6.45, 7) is 1.98. The van der Waals surface area contributed by atoms with Gasteiger partial charge in [0.25, 0.3) is 5.56 Å². The van der Waals surface area contributed by atoms with Crippen LogP contribution in [0.1, 0.15) is 29.6 Å². The summed E-state index contributed by atoms with van der Waals surface area (Å²) in [7, 11) is 0. The maximum atomic E-state index is 13.1. The van der Waals surface area contributed by atoms with E-state index in [9.17, 15) is 9.59 Å². The molecule has 0 saturated carbocycles. The molecule has 30 heavy (non-hydrogen) atoms. The van der Waals surface area contributed by atoms with Gasteiger partial charge in [0.05, 0.1) is 0 Å². The van der Waals surface area contributed by atoms with Crippen LogP contribution in [0.25, 0.3) is 11.4 Å². The van der Waals surface area contributed by atoms with Crippen molar-refractivity contribution < 1.29 is 9.32 Å². The van der Waals surface area contributed by atoms with Gasteiger partial charge >= 0.3 is 0 Å². The van der Waals surface area contributed by atoms with Gasteiger partial charge in [-0.15, -0.1) is 12.4 Å². The Morgan fingerprint density at radius 2 is 2.03 bits per heavy atom. The number of benzene rings is 1. The molecule has 8 nitrogen and oxygen atoms in total. The Labute approximate surface area is 179 Å². The third kappa shape index (κ3) is 3.64. The topological polar surface area (TPSA) is 102 Å². The molecule has 0 unspecified atom stereocenters. The number of fused-ring (bicyclic) bond motifs is 4. The number of hydrogen-bond donors (Lipinski definition) is 2. The van der Waals surface area contributed by atoms with Crippen LogP contribution in [0.5, 0.6) is 0 Å². The Hall–Kier alpha value is -2.97. The number of piperidine rings is 1. The summed E-state index contributed by atoms with van der Waals surface area (Å²) in [5.41, 5.74) is 2.65. The van der Waals surface area contributed by atoms with E-state index in [0.29, 0.717) is 12.4 Å². The van der Waals surface area contributed by atoms with Gasteiger partial charge in [0.2, 0.25) is 18.1 Å². The van der Waals surface area contributed by atoms with Crippen LogP contribution in [-0.4, -0.2) is 33.7 Å². The fourth-order valence-corrected chi connectivity index (χ4v) is 4.49. The number of nitrogens with one attached hydrogen (secondary N) is 2. The van der Waals surface area contributed by atoms with E-state index < -0.39 is 6.04 Å². The second-order valence-corrected chi connectivity index (χ2v) is 7.62. The Kier molecular flexibility index (Phi) is 5.69. The first kappa shape index (κ1) is 20.3. The quantitative estimate of drug-likeness (QED) is 0.659. The highest BCUT2D eigenvalue weighted by molar-refractivity contribution is 5.85. The van der Waals surface area contributed by atoms with Gasteiger partial charge in [-0.3, -0.25) is 14.2 Å². The molecule has 5 rings (SSSR count). The number of aromatic nitrogens is 3. The highest BCUT2D eigenvalue weighted by Gasteiger charge is 2.41. The lowest BCUT2D eigenvalue weighted by molar-refractivity contribution is -0.127. The predicted molar refractivity (Wildman–Crippen MR) is 112 cm³/mol. The maximum absolute atomic E-state index is 13.1. The smallest absolute Gasteiger partial charge is 0.251 e. The van der Waals surface area contributed by atoms with E-state index in [0.717, 1.165) is 36.3 Å². The number of carbonyl (C=O) groups is 1. The normalized spacial score (nSPS) is 21.9. The second-order valence-electron chi connectivity index (χ2n) is 7.62. The molecule has 2 N–H and O–H groups in total. The van der Waals surface area contributed by atoms with Crippen LogP contribution in [0.15, 0.2) is 58.2 Å². The molecule has 3 atom stereocenters. The lowest BCUT2D eigenvalue weighted by atomic mass is 9.79. The standard InChI is InChI=1S/C21H21N5O3.ClH/c27-18-3-1-2-17-15-8-16(11-22-10-15)19(26(17)18)21(28)23-9-13-4-6-14(7-5-13)20-24-12-29-25-20;/h1-7,12,15-16,19,22H,8-11H2,(H,23,28);1H/t15-,16+,19-;/m1./s1. The first-order chi connectivity index (χ1) is 14.2. The van der Waals surface area contributed by atoms with Gasteiger partial charge in [-0.25, -0.2) is 0 Å². The van der Waals surface area contributed by atoms with Crippen molar-refractivity contribution in [3.8, 4) is 11.4 Å². The molecule has 1 aromatic carbocycles. The van der Waals surface area contributed by atoms with Crippen LogP contribution in [0.3, 0.4) is 0 Å². The summed E-state index contributed by atoms with van der Waals surface area (Å²) in [6, 6.07) is 12.4. The first-order valence-electron chi connectivity index (χ1n) is 9.76. The molecule has 2 aromatic heterocycles. The number of carbonyl (C=O) groups excluding carboxylic acids is 1. The SMILES string of the molecule is Cl.O=C(NCc1ccc(-c2ncon2)cc1)[C@H]1[C@@H]2CNC[C@@H](C2)c2cccc(=O)n21.